The first kappa shape index (κ1) is 67.2. The van der Waals surface area contributed by atoms with Crippen LogP contribution in [0.25, 0.3) is 32.7 Å². The van der Waals surface area contributed by atoms with Crippen molar-refractivity contribution in [3.05, 3.63) is 183 Å². The van der Waals surface area contributed by atoms with Gasteiger partial charge >= 0.3 is 17.9 Å². The van der Waals surface area contributed by atoms with Crippen LogP contribution in [0.4, 0.5) is 17.1 Å². The van der Waals surface area contributed by atoms with Crippen LogP contribution in [0.5, 0.6) is 0 Å². The maximum atomic E-state index is 14.3. The Bertz CT molecular complexity index is 4100. The number of non-ortho nitro benzene ring substituents is 2. The number of carboxylic acids is 3. The second-order valence-corrected chi connectivity index (χ2v) is 24.8. The largest absolute Gasteiger partial charge is 0.480 e. The van der Waals surface area contributed by atoms with Crippen molar-refractivity contribution in [2.45, 2.75) is 111 Å². The number of nitrogens with zero attached hydrogens (tertiary/aromatic N) is 3. The van der Waals surface area contributed by atoms with Crippen LogP contribution >= 0.6 is 35.3 Å². The molecule has 0 bridgehead atoms. The molecule has 0 aliphatic rings. The van der Waals surface area contributed by atoms with Crippen molar-refractivity contribution in [1.29, 1.82) is 0 Å². The van der Waals surface area contributed by atoms with Crippen molar-refractivity contribution in [2.75, 3.05) is 11.8 Å². The van der Waals surface area contributed by atoms with Crippen LogP contribution in [-0.4, -0.2) is 122 Å². The number of rotatable bonds is 32. The minimum atomic E-state index is -1.73. The van der Waals surface area contributed by atoms with Gasteiger partial charge in [0, 0.05) is 116 Å². The molecule has 0 spiro atoms. The van der Waals surface area contributed by atoms with E-state index in [9.17, 15) is 79.5 Å². The Labute approximate surface area is 540 Å². The van der Waals surface area contributed by atoms with Gasteiger partial charge < -0.3 is 57.3 Å². The number of nitrogens with one attached hydrogen (secondary N) is 7. The number of anilines is 1. The molecule has 3 atom stereocenters. The lowest BCUT2D eigenvalue weighted by atomic mass is 9.82. The summed E-state index contributed by atoms with van der Waals surface area (Å²) in [5, 5.41) is 87.6. The van der Waals surface area contributed by atoms with Crippen LogP contribution in [0.2, 0.25) is 0 Å². The lowest BCUT2D eigenvalue weighted by Gasteiger charge is -2.35. The molecule has 9 aromatic rings. The number of nitro groups is 2. The molecule has 0 unspecified atom stereocenters. The average Bonchev–Trinajstić information content (AvgIpc) is 1.68. The molecule has 30 heteroatoms. The molecule has 0 fully saturated rings. The van der Waals surface area contributed by atoms with Crippen LogP contribution in [0.3, 0.4) is 0 Å². The molecule has 3 heterocycles. The Morgan fingerprint density at radius 1 is 0.473 bits per heavy atom. The number of carbonyl (C=O) groups is 7. The first-order valence-electron chi connectivity index (χ1n) is 28.7. The zero-order chi connectivity index (χ0) is 66.5. The number of amides is 4. The fraction of sp³-hybridized carbons (Fsp3) is 0.222. The third kappa shape index (κ3) is 17.2. The summed E-state index contributed by atoms with van der Waals surface area (Å²) in [6, 6.07) is 34.1. The number of nitrogens with two attached hydrogens (primary N) is 1. The molecule has 0 saturated carbocycles. The van der Waals surface area contributed by atoms with E-state index in [2.05, 4.69) is 36.2 Å². The van der Waals surface area contributed by atoms with E-state index in [1.54, 1.807) is 84.9 Å². The van der Waals surface area contributed by atoms with E-state index in [1.165, 1.54) is 95.9 Å². The lowest BCUT2D eigenvalue weighted by Crippen LogP contribution is -2.53. The van der Waals surface area contributed by atoms with Gasteiger partial charge in [0.05, 0.1) is 37.2 Å². The molecule has 9 rings (SSSR count). The van der Waals surface area contributed by atoms with Gasteiger partial charge in [-0.25, -0.2) is 14.4 Å². The molecule has 27 nitrogen and oxygen atoms in total. The Morgan fingerprint density at radius 3 is 1.05 bits per heavy atom. The average molecular weight is 1320 g/mol. The summed E-state index contributed by atoms with van der Waals surface area (Å²) in [5.41, 5.74) is 7.39. The zero-order valence-corrected chi connectivity index (χ0v) is 51.5. The molecule has 482 valence electrons. The summed E-state index contributed by atoms with van der Waals surface area (Å²) >= 11 is 3.59. The van der Waals surface area contributed by atoms with E-state index in [1.807, 2.05) is 0 Å². The van der Waals surface area contributed by atoms with Gasteiger partial charge in [-0.15, -0.1) is 5.23 Å². The Kier molecular flexibility index (Phi) is 21.8. The summed E-state index contributed by atoms with van der Waals surface area (Å²) in [5.74, 6) is -7.55. The quantitative estimate of drug-likeness (QED) is 0.0138. The van der Waals surface area contributed by atoms with Gasteiger partial charge in [0.15, 0.2) is 0 Å². The first-order valence-corrected chi connectivity index (χ1v) is 31.2. The van der Waals surface area contributed by atoms with Crippen molar-refractivity contribution in [3.63, 3.8) is 0 Å². The minimum absolute atomic E-state index is 0.0435. The number of benzene rings is 6. The molecule has 0 saturated heterocycles. The number of nitro benzene ring substituents is 2. The van der Waals surface area contributed by atoms with Gasteiger partial charge in [-0.1, -0.05) is 89.9 Å². The van der Waals surface area contributed by atoms with Crippen molar-refractivity contribution in [3.8, 4) is 0 Å². The maximum absolute atomic E-state index is 14.3. The molecule has 3 aromatic heterocycles. The Hall–Kier alpha value is -10.2. The number of carbonyl (C=O) groups excluding carboxylic acids is 4. The van der Waals surface area contributed by atoms with Crippen LogP contribution in [-0.2, 0) is 52.8 Å². The van der Waals surface area contributed by atoms with Crippen molar-refractivity contribution in [2.24, 2.45) is 5.73 Å². The van der Waals surface area contributed by atoms with E-state index in [-0.39, 0.29) is 60.8 Å². The second-order valence-electron chi connectivity index (χ2n) is 21.5. The van der Waals surface area contributed by atoms with Gasteiger partial charge in [0.2, 0.25) is 23.6 Å². The zero-order valence-electron chi connectivity index (χ0n) is 49.0. The maximum Gasteiger partial charge on any atom is 0.326 e. The number of aromatic amines is 3. The summed E-state index contributed by atoms with van der Waals surface area (Å²) < 4.78 is 0. The van der Waals surface area contributed by atoms with E-state index < -0.39 is 101 Å². The third-order valence-corrected chi connectivity index (χ3v) is 18.5. The highest BCUT2D eigenvalue weighted by Crippen LogP contribution is 2.39. The van der Waals surface area contributed by atoms with E-state index in [0.29, 0.717) is 79.2 Å². The number of para-hydroxylation sites is 3. The SMILES string of the molecule is NCC(=O)NC(CCC(=O)N[C@@H](Cc1c(Sc2ccc(N(O)O)cc2)[nH]c2ccccc12)C(=O)O)(CCC(=O)N[C@@H](Cc1c(Sc2ccc([N+](=O)[O-])cc2)[nH]c2ccccc12)C(=O)O)CCC(=O)N[C@@H](Cc1c(Sc2ccc([N+](=O)[O-])cc2)[nH]c2ccccc12)C(=O)O. The van der Waals surface area contributed by atoms with E-state index >= 15 is 0 Å². The normalized spacial score (nSPS) is 12.4. The van der Waals surface area contributed by atoms with Gasteiger partial charge in [0.25, 0.3) is 11.4 Å². The minimum Gasteiger partial charge on any atom is -0.480 e. The van der Waals surface area contributed by atoms with Crippen LogP contribution in [0.15, 0.2) is 175 Å². The molecule has 4 amide bonds. The first-order chi connectivity index (χ1) is 44.5. The predicted molar refractivity (Wildman–Crippen MR) is 343 cm³/mol. The van der Waals surface area contributed by atoms with Gasteiger partial charge in [-0.05, 0) is 103 Å². The summed E-state index contributed by atoms with van der Waals surface area (Å²) in [4.78, 5) is 129. The smallest absolute Gasteiger partial charge is 0.326 e. The highest BCUT2D eigenvalue weighted by molar-refractivity contribution is 7.99. The molecule has 14 N–H and O–H groups in total. The van der Waals surface area contributed by atoms with Crippen molar-refractivity contribution < 1.29 is 69.1 Å². The van der Waals surface area contributed by atoms with Gasteiger partial charge in [-0.2, -0.15) is 0 Å². The summed E-state index contributed by atoms with van der Waals surface area (Å²) in [7, 11) is 0. The number of carboxylic acid groups (broad SMARTS) is 3. The van der Waals surface area contributed by atoms with Crippen molar-refractivity contribution in [1.82, 2.24) is 36.2 Å². The molecule has 6 aromatic carbocycles. The Balaban J connectivity index is 0.968. The van der Waals surface area contributed by atoms with Gasteiger partial charge in [-0.3, -0.25) is 49.8 Å². The van der Waals surface area contributed by atoms with E-state index in [0.717, 1.165) is 0 Å². The third-order valence-electron chi connectivity index (χ3n) is 15.4. The standard InChI is InChI=1S/C63H61N11O16S3/c64-34-56(78)71-63(28-25-53(75)65-50(60(79)80)31-44-41-7-1-4-10-47(41)68-57(44)91-38-19-13-35(14-20-38)72(85)86,29-26-54(76)66-51(61(81)82)32-45-42-8-2-5-11-48(42)69-58(45)92-39-21-15-36(16-22-39)73(87)88)30-27-55(77)67-52(62(83)84)33-46-43-9-3-6-12-49(43)70-59(46)93-40-23-17-37(18-24-40)74(89)90/h1-24,50-52,68-70,85-86H,25-34,64H2,(H,65,75)(H,66,76)(H,67,77)(H,71,78)(H,79,80)(H,81,82)(H,83,84)/t50-,51-,52-/m0/s1. The van der Waals surface area contributed by atoms with Crippen LogP contribution in [0.1, 0.15) is 55.2 Å². The number of hydrogen-bond acceptors (Lipinski definition) is 18. The van der Waals surface area contributed by atoms with E-state index in [4.69, 9.17) is 5.73 Å². The van der Waals surface area contributed by atoms with Crippen LogP contribution < -0.4 is 32.2 Å². The number of H-pyrrole nitrogens is 3. The lowest BCUT2D eigenvalue weighted by molar-refractivity contribution is -0.385. The topological polar surface area (TPSA) is 432 Å². The fourth-order valence-corrected chi connectivity index (χ4v) is 13.6. The highest BCUT2D eigenvalue weighted by Gasteiger charge is 2.36. The fourth-order valence-electron chi connectivity index (χ4n) is 10.6. The Morgan fingerprint density at radius 2 is 0.774 bits per heavy atom. The highest BCUT2D eigenvalue weighted by atomic mass is 32.2. The van der Waals surface area contributed by atoms with Crippen LogP contribution in [0, 0.1) is 20.2 Å². The molecule has 0 aliphatic carbocycles. The number of fused-ring (bicyclic) bond motifs is 3. The van der Waals surface area contributed by atoms with Gasteiger partial charge in [0.1, 0.15) is 18.1 Å². The second kappa shape index (κ2) is 30.3. The molecular formula is C63H61N11O16S3. The van der Waals surface area contributed by atoms with Crippen molar-refractivity contribution >= 4 is 127 Å². The number of hydrogen-bond donors (Lipinski definition) is 13. The molecule has 0 radical (unpaired) electrons. The summed E-state index contributed by atoms with van der Waals surface area (Å²) in [6.45, 7) is -0.623. The summed E-state index contributed by atoms with van der Waals surface area (Å²) in [6.07, 6.45) is -3.50. The molecular weight excluding hydrogens is 1260 g/mol. The number of aromatic nitrogens is 3. The molecule has 0 aliphatic heterocycles. The molecule has 93 heavy (non-hydrogen) atoms. The monoisotopic (exact) mass is 1320 g/mol. The predicted octanol–water partition coefficient (Wildman–Crippen LogP) is 8.88. The number of aliphatic carboxylic acids is 3.